The second kappa shape index (κ2) is 3.79. The van der Waals surface area contributed by atoms with E-state index in [4.69, 9.17) is 0 Å². The zero-order chi connectivity index (χ0) is 10.1. The molecule has 0 aliphatic rings. The molecule has 2 heteroatoms. The molecule has 0 bridgehead atoms. The van der Waals surface area contributed by atoms with Crippen molar-refractivity contribution in [3.63, 3.8) is 0 Å². The Kier molecular flexibility index (Phi) is 3.12. The molecule has 74 valence electrons. The van der Waals surface area contributed by atoms with Gasteiger partial charge < -0.3 is 0 Å². The van der Waals surface area contributed by atoms with E-state index in [-0.39, 0.29) is 5.41 Å². The van der Waals surface area contributed by atoms with Crippen LogP contribution >= 0.6 is 11.5 Å². The molecule has 1 rings (SSSR count). The summed E-state index contributed by atoms with van der Waals surface area (Å²) in [5, 5.41) is 2.14. The van der Waals surface area contributed by atoms with Crippen LogP contribution in [0.1, 0.15) is 45.4 Å². The predicted octanol–water partition coefficient (Wildman–Crippen LogP) is 3.78. The maximum Gasteiger partial charge on any atom is 0.0627 e. The second-order valence-electron chi connectivity index (χ2n) is 4.83. The van der Waals surface area contributed by atoms with Crippen LogP contribution in [0.3, 0.4) is 0 Å². The van der Waals surface area contributed by atoms with Gasteiger partial charge in [-0.25, -0.2) is 0 Å². The molecule has 1 nitrogen and oxygen atoms in total. The van der Waals surface area contributed by atoms with Crippen molar-refractivity contribution < 1.29 is 0 Å². The summed E-state index contributed by atoms with van der Waals surface area (Å²) in [4.78, 5) is 0. The summed E-state index contributed by atoms with van der Waals surface area (Å²) in [5.41, 5.74) is 2.86. The lowest BCUT2D eigenvalue weighted by molar-refractivity contribution is 0.392. The predicted molar refractivity (Wildman–Crippen MR) is 59.3 cm³/mol. The van der Waals surface area contributed by atoms with Gasteiger partial charge in [-0.2, -0.15) is 4.37 Å². The Morgan fingerprint density at radius 2 is 2.08 bits per heavy atom. The van der Waals surface area contributed by atoms with Gasteiger partial charge >= 0.3 is 0 Å². The van der Waals surface area contributed by atoms with Crippen LogP contribution in [0.4, 0.5) is 0 Å². The summed E-state index contributed by atoms with van der Waals surface area (Å²) in [7, 11) is 0. The SMILES string of the molecule is Cc1csnc1C(C)(C)CC(C)C. The third-order valence-corrected chi connectivity index (χ3v) is 3.05. The lowest BCUT2D eigenvalue weighted by atomic mass is 9.80. The number of hydrogen-bond donors (Lipinski definition) is 0. The summed E-state index contributed by atoms with van der Waals surface area (Å²) in [6, 6.07) is 0. The number of hydrogen-bond acceptors (Lipinski definition) is 2. The number of aryl methyl sites for hydroxylation is 1. The summed E-state index contributed by atoms with van der Waals surface area (Å²) in [5.74, 6) is 0.732. The van der Waals surface area contributed by atoms with E-state index < -0.39 is 0 Å². The molecule has 0 fully saturated rings. The molecule has 1 heterocycles. The van der Waals surface area contributed by atoms with Gasteiger partial charge in [0, 0.05) is 10.8 Å². The summed E-state index contributed by atoms with van der Waals surface area (Å²) in [6.07, 6.45) is 1.21. The molecule has 0 aliphatic heterocycles. The normalized spacial score (nSPS) is 12.5. The van der Waals surface area contributed by atoms with E-state index in [0.29, 0.717) is 0 Å². The van der Waals surface area contributed by atoms with E-state index >= 15 is 0 Å². The van der Waals surface area contributed by atoms with Crippen LogP contribution in [0.2, 0.25) is 0 Å². The van der Waals surface area contributed by atoms with E-state index in [2.05, 4.69) is 44.4 Å². The van der Waals surface area contributed by atoms with E-state index in [9.17, 15) is 0 Å². The van der Waals surface area contributed by atoms with Gasteiger partial charge in [0.05, 0.1) is 5.69 Å². The lowest BCUT2D eigenvalue weighted by Gasteiger charge is -2.25. The Hall–Kier alpha value is -0.370. The number of aromatic nitrogens is 1. The number of nitrogens with zero attached hydrogens (tertiary/aromatic N) is 1. The summed E-state index contributed by atoms with van der Waals surface area (Å²) >= 11 is 1.57. The first-order valence-electron chi connectivity index (χ1n) is 4.85. The smallest absolute Gasteiger partial charge is 0.0627 e. The minimum atomic E-state index is 0.234. The molecule has 1 aromatic rings. The van der Waals surface area contributed by atoms with Gasteiger partial charge in [0.2, 0.25) is 0 Å². The fourth-order valence-corrected chi connectivity index (χ4v) is 2.88. The van der Waals surface area contributed by atoms with Crippen molar-refractivity contribution in [1.82, 2.24) is 4.37 Å². The second-order valence-corrected chi connectivity index (χ2v) is 5.46. The molecule has 0 amide bonds. The average Bonchev–Trinajstić information content (AvgIpc) is 2.32. The van der Waals surface area contributed by atoms with Crippen molar-refractivity contribution in [2.24, 2.45) is 5.92 Å². The summed E-state index contributed by atoms with van der Waals surface area (Å²) < 4.78 is 4.48. The highest BCUT2D eigenvalue weighted by molar-refractivity contribution is 7.03. The molecule has 0 aliphatic carbocycles. The van der Waals surface area contributed by atoms with Crippen molar-refractivity contribution in [3.8, 4) is 0 Å². The highest BCUT2D eigenvalue weighted by Gasteiger charge is 2.25. The molecule has 0 atom stereocenters. The van der Waals surface area contributed by atoms with Crippen molar-refractivity contribution in [3.05, 3.63) is 16.6 Å². The minimum absolute atomic E-state index is 0.234. The lowest BCUT2D eigenvalue weighted by Crippen LogP contribution is -2.21. The zero-order valence-corrected chi connectivity index (χ0v) is 10.0. The van der Waals surface area contributed by atoms with Crippen LogP contribution in [0, 0.1) is 12.8 Å². The Bertz CT molecular complexity index is 273. The molecule has 0 spiro atoms. The summed E-state index contributed by atoms with van der Waals surface area (Å²) in [6.45, 7) is 11.3. The maximum atomic E-state index is 4.48. The third kappa shape index (κ3) is 2.53. The topological polar surface area (TPSA) is 12.9 Å². The van der Waals surface area contributed by atoms with Crippen LogP contribution in [0.25, 0.3) is 0 Å². The largest absolute Gasteiger partial charge is 0.197 e. The van der Waals surface area contributed by atoms with E-state index in [1.807, 2.05) is 0 Å². The first-order valence-corrected chi connectivity index (χ1v) is 5.68. The monoisotopic (exact) mass is 197 g/mol. The van der Waals surface area contributed by atoms with Crippen LogP contribution in [-0.2, 0) is 5.41 Å². The fourth-order valence-electron chi connectivity index (χ4n) is 2.06. The van der Waals surface area contributed by atoms with Gasteiger partial charge in [0.1, 0.15) is 0 Å². The third-order valence-electron chi connectivity index (χ3n) is 2.31. The minimum Gasteiger partial charge on any atom is -0.197 e. The molecular formula is C11H19NS. The molecule has 0 N–H and O–H groups in total. The van der Waals surface area contributed by atoms with E-state index in [1.165, 1.54) is 17.7 Å². The Morgan fingerprint density at radius 1 is 1.46 bits per heavy atom. The molecule has 0 saturated heterocycles. The van der Waals surface area contributed by atoms with Crippen LogP contribution < -0.4 is 0 Å². The van der Waals surface area contributed by atoms with Gasteiger partial charge in [-0.1, -0.05) is 27.7 Å². The Balaban J connectivity index is 2.87. The Labute approximate surface area is 85.4 Å². The molecule has 1 aromatic heterocycles. The molecular weight excluding hydrogens is 178 g/mol. The highest BCUT2D eigenvalue weighted by Crippen LogP contribution is 2.32. The molecule has 0 aromatic carbocycles. The molecule has 0 radical (unpaired) electrons. The first-order chi connectivity index (χ1) is 5.93. The zero-order valence-electron chi connectivity index (χ0n) is 9.22. The van der Waals surface area contributed by atoms with Gasteiger partial charge in [-0.3, -0.25) is 0 Å². The van der Waals surface area contributed by atoms with Crippen LogP contribution in [0.5, 0.6) is 0 Å². The van der Waals surface area contributed by atoms with E-state index in [0.717, 1.165) is 5.92 Å². The van der Waals surface area contributed by atoms with Crippen molar-refractivity contribution in [2.45, 2.75) is 46.5 Å². The van der Waals surface area contributed by atoms with Crippen molar-refractivity contribution in [2.75, 3.05) is 0 Å². The van der Waals surface area contributed by atoms with Crippen LogP contribution in [-0.4, -0.2) is 4.37 Å². The van der Waals surface area contributed by atoms with Gasteiger partial charge in [-0.15, -0.1) is 0 Å². The molecule has 13 heavy (non-hydrogen) atoms. The van der Waals surface area contributed by atoms with Crippen molar-refractivity contribution >= 4 is 11.5 Å². The first kappa shape index (κ1) is 10.7. The number of rotatable bonds is 3. The molecule has 0 saturated carbocycles. The Morgan fingerprint density at radius 3 is 2.46 bits per heavy atom. The quantitative estimate of drug-likeness (QED) is 0.718. The van der Waals surface area contributed by atoms with E-state index in [1.54, 1.807) is 11.5 Å². The van der Waals surface area contributed by atoms with Gasteiger partial charge in [0.25, 0.3) is 0 Å². The van der Waals surface area contributed by atoms with Gasteiger partial charge in [-0.05, 0) is 36.4 Å². The maximum absolute atomic E-state index is 4.48. The van der Waals surface area contributed by atoms with Crippen LogP contribution in [0.15, 0.2) is 5.38 Å². The fraction of sp³-hybridized carbons (Fsp3) is 0.727. The standard InChI is InChI=1S/C11H19NS/c1-8(2)6-11(4,5)10-9(3)7-13-12-10/h7-8H,6H2,1-5H3. The van der Waals surface area contributed by atoms with Gasteiger partial charge in [0.15, 0.2) is 0 Å². The highest BCUT2D eigenvalue weighted by atomic mass is 32.1. The van der Waals surface area contributed by atoms with Crippen molar-refractivity contribution in [1.29, 1.82) is 0 Å². The average molecular weight is 197 g/mol. The molecule has 0 unspecified atom stereocenters.